The van der Waals surface area contributed by atoms with Crippen LogP contribution in [0.2, 0.25) is 0 Å². The molecule has 1 atom stereocenters. The molecule has 8 heteroatoms. The second-order valence-corrected chi connectivity index (χ2v) is 9.51. The number of H-pyrrole nitrogens is 1. The molecule has 0 radical (unpaired) electrons. The van der Waals surface area contributed by atoms with Crippen molar-refractivity contribution in [3.63, 3.8) is 0 Å². The molecule has 36 heavy (non-hydrogen) atoms. The van der Waals surface area contributed by atoms with Crippen molar-refractivity contribution < 1.29 is 4.74 Å². The van der Waals surface area contributed by atoms with Gasteiger partial charge in [-0.05, 0) is 73.0 Å². The van der Waals surface area contributed by atoms with E-state index in [2.05, 4.69) is 56.6 Å². The average Bonchev–Trinajstić information content (AvgIpc) is 3.58. The van der Waals surface area contributed by atoms with Gasteiger partial charge >= 0.3 is 0 Å². The van der Waals surface area contributed by atoms with Gasteiger partial charge in [-0.3, -0.25) is 9.69 Å². The molecule has 0 bridgehead atoms. The van der Waals surface area contributed by atoms with Gasteiger partial charge in [-0.1, -0.05) is 50.1 Å². The molecule has 0 aliphatic heterocycles. The number of nitrogens with one attached hydrogen (secondary N) is 1. The SMILES string of the molecule is CCCN(Cc1ccccc1)[C@@H](c1cc2cc(OCC)ccc2[nH]c1=O)c1nnnn1C1CCCC1. The minimum atomic E-state index is -0.385. The molecule has 1 aliphatic carbocycles. The molecular formula is C28H34N6O2. The maximum atomic E-state index is 13.6. The quantitative estimate of drug-likeness (QED) is 0.338. The third kappa shape index (κ3) is 5.04. The first-order valence-electron chi connectivity index (χ1n) is 13.0. The zero-order valence-corrected chi connectivity index (χ0v) is 21.1. The second kappa shape index (κ2) is 11.0. The van der Waals surface area contributed by atoms with Gasteiger partial charge in [-0.2, -0.15) is 0 Å². The first-order chi connectivity index (χ1) is 17.7. The van der Waals surface area contributed by atoms with Gasteiger partial charge in [0.15, 0.2) is 5.82 Å². The summed E-state index contributed by atoms with van der Waals surface area (Å²) in [5, 5.41) is 14.0. The Hall–Kier alpha value is -3.52. The van der Waals surface area contributed by atoms with Gasteiger partial charge in [0.2, 0.25) is 0 Å². The molecule has 2 aromatic heterocycles. The molecule has 1 aliphatic rings. The predicted molar refractivity (Wildman–Crippen MR) is 140 cm³/mol. The van der Waals surface area contributed by atoms with Crippen LogP contribution in [0.15, 0.2) is 59.4 Å². The van der Waals surface area contributed by atoms with E-state index in [1.54, 1.807) is 0 Å². The van der Waals surface area contributed by atoms with Gasteiger partial charge in [0, 0.05) is 23.0 Å². The number of nitrogens with zero attached hydrogens (tertiary/aromatic N) is 5. The molecule has 0 amide bonds. The molecule has 0 unspecified atom stereocenters. The third-order valence-corrected chi connectivity index (χ3v) is 6.99. The molecule has 1 fully saturated rings. The summed E-state index contributed by atoms with van der Waals surface area (Å²) in [7, 11) is 0. The maximum absolute atomic E-state index is 13.6. The summed E-state index contributed by atoms with van der Waals surface area (Å²) in [6.07, 6.45) is 5.41. The molecule has 8 nitrogen and oxygen atoms in total. The Balaban J connectivity index is 1.66. The Bertz CT molecular complexity index is 1340. The van der Waals surface area contributed by atoms with Gasteiger partial charge in [0.1, 0.15) is 11.8 Å². The number of aromatic amines is 1. The zero-order valence-electron chi connectivity index (χ0n) is 21.1. The molecule has 1 N–H and O–H groups in total. The number of aromatic nitrogens is 5. The molecule has 2 heterocycles. The molecule has 188 valence electrons. The van der Waals surface area contributed by atoms with Crippen molar-refractivity contribution in [3.8, 4) is 5.75 Å². The highest BCUT2D eigenvalue weighted by molar-refractivity contribution is 5.80. The fraction of sp³-hybridized carbons (Fsp3) is 0.429. The number of hydrogen-bond donors (Lipinski definition) is 1. The van der Waals surface area contributed by atoms with E-state index < -0.39 is 0 Å². The molecule has 5 rings (SSSR count). The molecule has 0 spiro atoms. The number of tetrazole rings is 1. The van der Waals surface area contributed by atoms with Gasteiger partial charge < -0.3 is 9.72 Å². The molecule has 2 aromatic carbocycles. The van der Waals surface area contributed by atoms with Crippen LogP contribution >= 0.6 is 0 Å². The molecule has 0 saturated heterocycles. The summed E-state index contributed by atoms with van der Waals surface area (Å²) < 4.78 is 7.71. The Labute approximate surface area is 211 Å². The molecule has 4 aromatic rings. The Kier molecular flexibility index (Phi) is 7.41. The van der Waals surface area contributed by atoms with Crippen molar-refractivity contribution in [1.29, 1.82) is 0 Å². The number of hydrogen-bond acceptors (Lipinski definition) is 6. The summed E-state index contributed by atoms with van der Waals surface area (Å²) in [5.74, 6) is 1.52. The van der Waals surface area contributed by atoms with E-state index in [0.29, 0.717) is 18.7 Å². The summed E-state index contributed by atoms with van der Waals surface area (Å²) in [5.41, 5.74) is 2.50. The number of ether oxygens (including phenoxy) is 1. The van der Waals surface area contributed by atoms with Crippen molar-refractivity contribution in [3.05, 3.63) is 81.9 Å². The summed E-state index contributed by atoms with van der Waals surface area (Å²) in [6.45, 7) is 6.20. The Morgan fingerprint density at radius 3 is 2.67 bits per heavy atom. The van der Waals surface area contributed by atoms with Crippen molar-refractivity contribution in [1.82, 2.24) is 30.1 Å². The second-order valence-electron chi connectivity index (χ2n) is 9.51. The largest absolute Gasteiger partial charge is 0.494 e. The number of pyridine rings is 1. The lowest BCUT2D eigenvalue weighted by molar-refractivity contribution is 0.199. The monoisotopic (exact) mass is 486 g/mol. The van der Waals surface area contributed by atoms with Crippen LogP contribution in [0.3, 0.4) is 0 Å². The van der Waals surface area contributed by atoms with E-state index in [-0.39, 0.29) is 17.6 Å². The van der Waals surface area contributed by atoms with Gasteiger partial charge in [-0.25, -0.2) is 4.68 Å². The van der Waals surface area contributed by atoms with Gasteiger partial charge in [-0.15, -0.1) is 5.10 Å². The highest BCUT2D eigenvalue weighted by Crippen LogP contribution is 2.34. The lowest BCUT2D eigenvalue weighted by Crippen LogP contribution is -2.36. The summed E-state index contributed by atoms with van der Waals surface area (Å²) in [6, 6.07) is 18.0. The van der Waals surface area contributed by atoms with Crippen LogP contribution in [0.4, 0.5) is 0 Å². The minimum Gasteiger partial charge on any atom is -0.494 e. The lowest BCUT2D eigenvalue weighted by atomic mass is 10.0. The van der Waals surface area contributed by atoms with Crippen molar-refractivity contribution in [2.24, 2.45) is 0 Å². The Morgan fingerprint density at radius 2 is 1.92 bits per heavy atom. The predicted octanol–water partition coefficient (Wildman–Crippen LogP) is 5.03. The fourth-order valence-electron chi connectivity index (χ4n) is 5.35. The van der Waals surface area contributed by atoms with E-state index in [9.17, 15) is 4.79 Å². The van der Waals surface area contributed by atoms with Gasteiger partial charge in [0.05, 0.1) is 12.6 Å². The first-order valence-corrected chi connectivity index (χ1v) is 13.0. The Morgan fingerprint density at radius 1 is 1.11 bits per heavy atom. The third-order valence-electron chi connectivity index (χ3n) is 6.99. The van der Waals surface area contributed by atoms with E-state index in [1.165, 1.54) is 18.4 Å². The smallest absolute Gasteiger partial charge is 0.253 e. The topological polar surface area (TPSA) is 88.9 Å². The van der Waals surface area contributed by atoms with Crippen LogP contribution < -0.4 is 10.3 Å². The fourth-order valence-corrected chi connectivity index (χ4v) is 5.35. The first kappa shape index (κ1) is 24.2. The van der Waals surface area contributed by atoms with Crippen LogP contribution in [-0.2, 0) is 6.54 Å². The van der Waals surface area contributed by atoms with Crippen LogP contribution in [0.1, 0.15) is 75.0 Å². The lowest BCUT2D eigenvalue weighted by Gasteiger charge is -2.31. The zero-order chi connectivity index (χ0) is 24.9. The van der Waals surface area contributed by atoms with Crippen LogP contribution in [-0.4, -0.2) is 43.2 Å². The van der Waals surface area contributed by atoms with Gasteiger partial charge in [0.25, 0.3) is 5.56 Å². The van der Waals surface area contributed by atoms with E-state index in [4.69, 9.17) is 4.74 Å². The maximum Gasteiger partial charge on any atom is 0.253 e. The van der Waals surface area contributed by atoms with Crippen LogP contribution in [0.5, 0.6) is 5.75 Å². The van der Waals surface area contributed by atoms with Crippen molar-refractivity contribution in [2.75, 3.05) is 13.2 Å². The normalized spacial score (nSPS) is 15.1. The standard InChI is InChI=1S/C28H34N6O2/c1-3-16-33(19-20-10-6-5-7-11-20)26(27-30-31-32-34(27)22-12-8-9-13-22)24-18-21-17-23(36-4-2)14-15-25(21)29-28(24)35/h5-7,10-11,14-15,17-18,22,26H,3-4,8-9,12-13,16,19H2,1-2H3,(H,29,35)/t26-/m0/s1. The minimum absolute atomic E-state index is 0.119. The van der Waals surface area contributed by atoms with Crippen molar-refractivity contribution in [2.45, 2.75) is 64.6 Å². The molecular weight excluding hydrogens is 452 g/mol. The summed E-state index contributed by atoms with van der Waals surface area (Å²) in [4.78, 5) is 19.0. The number of rotatable bonds is 10. The van der Waals surface area contributed by atoms with Crippen LogP contribution in [0, 0.1) is 0 Å². The number of fused-ring (bicyclic) bond motifs is 1. The van der Waals surface area contributed by atoms with E-state index in [0.717, 1.165) is 48.3 Å². The molecule has 1 saturated carbocycles. The highest BCUT2D eigenvalue weighted by Gasteiger charge is 2.33. The van der Waals surface area contributed by atoms with Crippen molar-refractivity contribution >= 4 is 10.9 Å². The van der Waals surface area contributed by atoms with Crippen LogP contribution in [0.25, 0.3) is 10.9 Å². The average molecular weight is 487 g/mol. The highest BCUT2D eigenvalue weighted by atomic mass is 16.5. The number of benzene rings is 2. The van der Waals surface area contributed by atoms with E-state index in [1.807, 2.05) is 41.9 Å². The van der Waals surface area contributed by atoms with E-state index >= 15 is 0 Å². The summed E-state index contributed by atoms with van der Waals surface area (Å²) >= 11 is 0.